The fourth-order valence-electron chi connectivity index (χ4n) is 1.81. The van der Waals surface area contributed by atoms with E-state index >= 15 is 0 Å². The molecule has 1 saturated heterocycles. The van der Waals surface area contributed by atoms with E-state index < -0.39 is 11.2 Å². The molecule has 0 aromatic heterocycles. The third kappa shape index (κ3) is 1.26. The van der Waals surface area contributed by atoms with E-state index in [0.29, 0.717) is 6.42 Å². The Morgan fingerprint density at radius 1 is 1.71 bits per heavy atom. The third-order valence-corrected chi connectivity index (χ3v) is 2.79. The lowest BCUT2D eigenvalue weighted by molar-refractivity contribution is -0.142. The van der Waals surface area contributed by atoms with Crippen LogP contribution in [-0.2, 0) is 19.1 Å². The van der Waals surface area contributed by atoms with Crippen LogP contribution in [0.3, 0.4) is 0 Å². The van der Waals surface area contributed by atoms with Crippen molar-refractivity contribution < 1.29 is 19.1 Å². The van der Waals surface area contributed by atoms with E-state index in [1.165, 1.54) is 13.0 Å². The maximum absolute atomic E-state index is 11.1. The molecule has 4 heteroatoms. The summed E-state index contributed by atoms with van der Waals surface area (Å²) in [5.74, 6) is -0.262. The second-order valence-electron chi connectivity index (χ2n) is 3.98. The number of carbonyl (C=O) groups excluding carboxylic acids is 2. The molecule has 0 saturated carbocycles. The van der Waals surface area contributed by atoms with Crippen molar-refractivity contribution in [2.75, 3.05) is 6.61 Å². The third-order valence-electron chi connectivity index (χ3n) is 2.79. The minimum absolute atomic E-state index is 0.0663. The normalized spacial score (nSPS) is 39.1. The molecule has 0 aromatic carbocycles. The summed E-state index contributed by atoms with van der Waals surface area (Å²) in [5.41, 5.74) is -1.01. The van der Waals surface area contributed by atoms with Crippen LogP contribution in [-0.4, -0.2) is 29.6 Å². The van der Waals surface area contributed by atoms with Gasteiger partial charge in [-0.25, -0.2) is 0 Å². The van der Waals surface area contributed by atoms with E-state index in [9.17, 15) is 9.59 Å². The van der Waals surface area contributed by atoms with Crippen LogP contribution >= 0.6 is 0 Å². The largest absolute Gasteiger partial charge is 0.463 e. The molecular weight excluding hydrogens is 184 g/mol. The molecule has 2 aliphatic rings. The van der Waals surface area contributed by atoms with Crippen molar-refractivity contribution in [2.45, 2.75) is 31.5 Å². The molecule has 14 heavy (non-hydrogen) atoms. The number of hydrogen-bond donors (Lipinski definition) is 0. The zero-order chi connectivity index (χ0) is 10.4. The monoisotopic (exact) mass is 196 g/mol. The van der Waals surface area contributed by atoms with E-state index in [1.807, 2.05) is 6.92 Å². The molecule has 4 nitrogen and oxygen atoms in total. The van der Waals surface area contributed by atoms with Crippen molar-refractivity contribution in [1.29, 1.82) is 0 Å². The molecule has 0 aromatic rings. The minimum Gasteiger partial charge on any atom is -0.463 e. The Hall–Kier alpha value is -1.16. The molecule has 0 radical (unpaired) electrons. The number of esters is 1. The Morgan fingerprint density at radius 2 is 2.43 bits per heavy atom. The predicted octanol–water partition coefficient (Wildman–Crippen LogP) is 0.606. The molecule has 2 atom stereocenters. The van der Waals surface area contributed by atoms with Crippen LogP contribution < -0.4 is 0 Å². The van der Waals surface area contributed by atoms with Crippen molar-refractivity contribution in [2.24, 2.45) is 0 Å². The van der Waals surface area contributed by atoms with Crippen LogP contribution in [0.4, 0.5) is 0 Å². The number of epoxide rings is 1. The molecule has 0 N–H and O–H groups in total. The Bertz CT molecular complexity index is 333. The van der Waals surface area contributed by atoms with Crippen LogP contribution in [0.5, 0.6) is 0 Å². The molecular formula is C10H12O4. The van der Waals surface area contributed by atoms with Gasteiger partial charge in [0, 0.05) is 13.3 Å². The van der Waals surface area contributed by atoms with E-state index in [-0.39, 0.29) is 18.4 Å². The molecule has 76 valence electrons. The van der Waals surface area contributed by atoms with Crippen molar-refractivity contribution in [1.82, 2.24) is 0 Å². The standard InChI is InChI=1S/C10H12O4/c1-7(11)13-6-9(2)10(14-9)4-3-8(12)5-10/h3-4H,5-6H2,1-2H3/t9?,10-/m0/s1. The molecule has 1 spiro atoms. The quantitative estimate of drug-likeness (QED) is 0.479. The number of ketones is 1. The van der Waals surface area contributed by atoms with Gasteiger partial charge >= 0.3 is 5.97 Å². The SMILES string of the molecule is CC(=O)OCC1(C)O[C@]12C=CC(=O)C2. The first-order valence-corrected chi connectivity index (χ1v) is 4.53. The van der Waals surface area contributed by atoms with Gasteiger partial charge in [0.25, 0.3) is 0 Å². The first-order chi connectivity index (χ1) is 6.47. The number of hydrogen-bond acceptors (Lipinski definition) is 4. The average Bonchev–Trinajstić information content (AvgIpc) is 2.43. The van der Waals surface area contributed by atoms with E-state index in [2.05, 4.69) is 0 Å². The van der Waals surface area contributed by atoms with Gasteiger partial charge in [-0.1, -0.05) is 0 Å². The van der Waals surface area contributed by atoms with Crippen LogP contribution in [0, 0.1) is 0 Å². The summed E-state index contributed by atoms with van der Waals surface area (Å²) in [6.45, 7) is 3.41. The number of ether oxygens (including phenoxy) is 2. The first-order valence-electron chi connectivity index (χ1n) is 4.53. The van der Waals surface area contributed by atoms with Crippen molar-refractivity contribution in [3.63, 3.8) is 0 Å². The summed E-state index contributed by atoms with van der Waals surface area (Å²) >= 11 is 0. The Labute approximate surface area is 81.9 Å². The smallest absolute Gasteiger partial charge is 0.302 e. The highest BCUT2D eigenvalue weighted by atomic mass is 16.7. The van der Waals surface area contributed by atoms with Gasteiger partial charge in [0.05, 0.1) is 0 Å². The number of rotatable bonds is 2. The number of allylic oxidation sites excluding steroid dienone is 1. The minimum atomic E-state index is -0.513. The van der Waals surface area contributed by atoms with E-state index in [4.69, 9.17) is 9.47 Å². The summed E-state index contributed by atoms with van der Waals surface area (Å²) in [4.78, 5) is 21.7. The summed E-state index contributed by atoms with van der Waals surface area (Å²) in [6.07, 6.45) is 3.66. The highest BCUT2D eigenvalue weighted by molar-refractivity contribution is 5.94. The second-order valence-corrected chi connectivity index (χ2v) is 3.98. The van der Waals surface area contributed by atoms with Crippen LogP contribution in [0.15, 0.2) is 12.2 Å². The maximum atomic E-state index is 11.1. The summed E-state index contributed by atoms with van der Waals surface area (Å²) in [6, 6.07) is 0. The Balaban J connectivity index is 1.99. The molecule has 2 rings (SSSR count). The van der Waals surface area contributed by atoms with Gasteiger partial charge in [-0.05, 0) is 19.1 Å². The fraction of sp³-hybridized carbons (Fsp3) is 0.600. The first kappa shape index (κ1) is 9.40. The van der Waals surface area contributed by atoms with Crippen LogP contribution in [0.25, 0.3) is 0 Å². The average molecular weight is 196 g/mol. The number of carbonyl (C=O) groups is 2. The van der Waals surface area contributed by atoms with Gasteiger partial charge in [-0.3, -0.25) is 9.59 Å². The predicted molar refractivity (Wildman–Crippen MR) is 47.6 cm³/mol. The zero-order valence-electron chi connectivity index (χ0n) is 8.20. The van der Waals surface area contributed by atoms with Crippen molar-refractivity contribution >= 4 is 11.8 Å². The highest BCUT2D eigenvalue weighted by Crippen LogP contribution is 2.53. The summed E-state index contributed by atoms with van der Waals surface area (Å²) in [5, 5.41) is 0. The zero-order valence-corrected chi connectivity index (χ0v) is 8.20. The summed E-state index contributed by atoms with van der Waals surface area (Å²) < 4.78 is 10.4. The Kier molecular flexibility index (Phi) is 1.79. The van der Waals surface area contributed by atoms with E-state index in [0.717, 1.165) is 0 Å². The molecule has 1 unspecified atom stereocenters. The van der Waals surface area contributed by atoms with Crippen LogP contribution in [0.2, 0.25) is 0 Å². The van der Waals surface area contributed by atoms with Crippen molar-refractivity contribution in [3.05, 3.63) is 12.2 Å². The highest BCUT2D eigenvalue weighted by Gasteiger charge is 2.68. The molecule has 0 amide bonds. The second kappa shape index (κ2) is 2.67. The summed E-state index contributed by atoms with van der Waals surface area (Å²) in [7, 11) is 0. The lowest BCUT2D eigenvalue weighted by atomic mass is 9.94. The maximum Gasteiger partial charge on any atom is 0.302 e. The molecule has 1 fully saturated rings. The lowest BCUT2D eigenvalue weighted by Crippen LogP contribution is -2.26. The van der Waals surface area contributed by atoms with Crippen LogP contribution in [0.1, 0.15) is 20.3 Å². The van der Waals surface area contributed by atoms with Gasteiger partial charge in [0.1, 0.15) is 17.8 Å². The van der Waals surface area contributed by atoms with Gasteiger partial charge in [0.2, 0.25) is 0 Å². The van der Waals surface area contributed by atoms with Gasteiger partial charge in [-0.2, -0.15) is 0 Å². The van der Waals surface area contributed by atoms with E-state index in [1.54, 1.807) is 6.08 Å². The van der Waals surface area contributed by atoms with Crippen molar-refractivity contribution in [3.8, 4) is 0 Å². The topological polar surface area (TPSA) is 55.9 Å². The fourth-order valence-corrected chi connectivity index (χ4v) is 1.81. The van der Waals surface area contributed by atoms with Gasteiger partial charge in [-0.15, -0.1) is 0 Å². The molecule has 1 heterocycles. The lowest BCUT2D eigenvalue weighted by Gasteiger charge is -2.08. The molecule has 1 aliphatic heterocycles. The van der Waals surface area contributed by atoms with Gasteiger partial charge in [0.15, 0.2) is 5.78 Å². The molecule has 0 bridgehead atoms. The Morgan fingerprint density at radius 3 is 2.93 bits per heavy atom. The molecule has 1 aliphatic carbocycles. The van der Waals surface area contributed by atoms with Gasteiger partial charge < -0.3 is 9.47 Å².